The maximum Gasteiger partial charge on any atom is 0.128 e. The minimum absolute atomic E-state index is 0.636. The fourth-order valence-electron chi connectivity index (χ4n) is 1.63. The summed E-state index contributed by atoms with van der Waals surface area (Å²) in [5, 5.41) is 4.37. The van der Waals surface area contributed by atoms with E-state index in [1.165, 1.54) is 4.90 Å². The zero-order valence-corrected chi connectivity index (χ0v) is 10.9. The summed E-state index contributed by atoms with van der Waals surface area (Å²) in [6.45, 7) is 0. The second kappa shape index (κ2) is 4.71. The van der Waals surface area contributed by atoms with Gasteiger partial charge in [0, 0.05) is 23.6 Å². The van der Waals surface area contributed by atoms with Crippen LogP contribution < -0.4 is 10.5 Å². The Balaban J connectivity index is 2.55. The summed E-state index contributed by atoms with van der Waals surface area (Å²) in [7, 11) is 3.48. The molecule has 0 unspecified atom stereocenters. The fourth-order valence-corrected chi connectivity index (χ4v) is 2.07. The van der Waals surface area contributed by atoms with Gasteiger partial charge in [-0.05, 0) is 24.5 Å². The van der Waals surface area contributed by atoms with E-state index in [1.807, 2.05) is 31.5 Å². The molecular weight excluding hydrogens is 234 g/mol. The van der Waals surface area contributed by atoms with Crippen LogP contribution >= 0.6 is 11.8 Å². The Morgan fingerprint density at radius 2 is 2.12 bits per heavy atom. The Morgan fingerprint density at radius 1 is 1.35 bits per heavy atom. The van der Waals surface area contributed by atoms with Crippen LogP contribution in [0.5, 0.6) is 5.75 Å². The molecule has 0 radical (unpaired) electrons. The molecule has 2 N–H and O–H groups in total. The van der Waals surface area contributed by atoms with Crippen LogP contribution in [0.2, 0.25) is 0 Å². The minimum atomic E-state index is 0.636. The van der Waals surface area contributed by atoms with Gasteiger partial charge in [-0.2, -0.15) is 5.10 Å². The number of nitrogens with zero attached hydrogens (tertiary/aromatic N) is 2. The lowest BCUT2D eigenvalue weighted by Gasteiger charge is -2.07. The summed E-state index contributed by atoms with van der Waals surface area (Å²) in [5.41, 5.74) is 7.59. The van der Waals surface area contributed by atoms with E-state index in [1.54, 1.807) is 23.6 Å². The molecule has 1 heterocycles. The van der Waals surface area contributed by atoms with Crippen molar-refractivity contribution in [2.45, 2.75) is 4.90 Å². The molecule has 5 heteroatoms. The van der Waals surface area contributed by atoms with Crippen molar-refractivity contribution in [3.05, 3.63) is 24.3 Å². The number of anilines is 1. The van der Waals surface area contributed by atoms with Crippen LogP contribution in [0.4, 0.5) is 5.82 Å². The third kappa shape index (κ3) is 2.24. The largest absolute Gasteiger partial charge is 0.496 e. The maximum absolute atomic E-state index is 5.79. The summed E-state index contributed by atoms with van der Waals surface area (Å²) >= 11 is 1.69. The van der Waals surface area contributed by atoms with E-state index in [-0.39, 0.29) is 0 Å². The smallest absolute Gasteiger partial charge is 0.128 e. The number of aryl methyl sites for hydroxylation is 1. The molecule has 2 aromatic rings. The highest BCUT2D eigenvalue weighted by molar-refractivity contribution is 7.98. The highest BCUT2D eigenvalue weighted by atomic mass is 32.2. The average molecular weight is 249 g/mol. The first-order valence-electron chi connectivity index (χ1n) is 5.17. The van der Waals surface area contributed by atoms with E-state index in [2.05, 4.69) is 11.2 Å². The molecular formula is C12H15N3OS. The standard InChI is InChI=1S/C12H15N3OS/c1-15-12(13)7-10(14-15)9-6-8(17-3)4-5-11(9)16-2/h4-7H,13H2,1-3H3. The van der Waals surface area contributed by atoms with Crippen molar-refractivity contribution >= 4 is 17.6 Å². The Bertz CT molecular complexity index is 517. The van der Waals surface area contributed by atoms with E-state index in [0.29, 0.717) is 5.82 Å². The number of methoxy groups -OCH3 is 1. The van der Waals surface area contributed by atoms with Gasteiger partial charge in [0.2, 0.25) is 0 Å². The van der Waals surface area contributed by atoms with Gasteiger partial charge in [0.1, 0.15) is 11.6 Å². The van der Waals surface area contributed by atoms with Crippen molar-refractivity contribution in [1.82, 2.24) is 9.78 Å². The fraction of sp³-hybridized carbons (Fsp3) is 0.250. The van der Waals surface area contributed by atoms with Crippen LogP contribution in [-0.4, -0.2) is 23.1 Å². The third-order valence-electron chi connectivity index (χ3n) is 2.60. The van der Waals surface area contributed by atoms with Gasteiger partial charge in [0.05, 0.1) is 12.8 Å². The number of benzene rings is 1. The summed E-state index contributed by atoms with van der Waals surface area (Å²) < 4.78 is 7.00. The van der Waals surface area contributed by atoms with E-state index in [0.717, 1.165) is 17.0 Å². The van der Waals surface area contributed by atoms with Crippen LogP contribution in [-0.2, 0) is 7.05 Å². The predicted octanol–water partition coefficient (Wildman–Crippen LogP) is 2.40. The summed E-state index contributed by atoms with van der Waals surface area (Å²) in [6, 6.07) is 7.89. The van der Waals surface area contributed by atoms with Gasteiger partial charge in [0.25, 0.3) is 0 Å². The van der Waals surface area contributed by atoms with Crippen molar-refractivity contribution in [2.75, 3.05) is 19.1 Å². The molecule has 1 aromatic heterocycles. The number of hydrogen-bond donors (Lipinski definition) is 1. The lowest BCUT2D eigenvalue weighted by atomic mass is 10.1. The van der Waals surface area contributed by atoms with Crippen molar-refractivity contribution in [3.8, 4) is 17.0 Å². The van der Waals surface area contributed by atoms with Crippen molar-refractivity contribution in [1.29, 1.82) is 0 Å². The maximum atomic E-state index is 5.79. The molecule has 90 valence electrons. The van der Waals surface area contributed by atoms with Crippen LogP contribution in [0.15, 0.2) is 29.2 Å². The van der Waals surface area contributed by atoms with Gasteiger partial charge < -0.3 is 10.5 Å². The molecule has 17 heavy (non-hydrogen) atoms. The van der Waals surface area contributed by atoms with Crippen molar-refractivity contribution < 1.29 is 4.74 Å². The normalized spacial score (nSPS) is 10.5. The molecule has 0 aliphatic carbocycles. The molecule has 0 saturated heterocycles. The van der Waals surface area contributed by atoms with Crippen LogP contribution in [0.3, 0.4) is 0 Å². The Morgan fingerprint density at radius 3 is 2.65 bits per heavy atom. The highest BCUT2D eigenvalue weighted by Crippen LogP contribution is 2.33. The van der Waals surface area contributed by atoms with Gasteiger partial charge in [-0.1, -0.05) is 0 Å². The average Bonchev–Trinajstić information content (AvgIpc) is 2.68. The molecule has 4 nitrogen and oxygen atoms in total. The number of thioether (sulfide) groups is 1. The van der Waals surface area contributed by atoms with Crippen LogP contribution in [0.1, 0.15) is 0 Å². The lowest BCUT2D eigenvalue weighted by Crippen LogP contribution is -1.96. The molecule has 0 spiro atoms. The zero-order chi connectivity index (χ0) is 12.4. The number of ether oxygens (including phenoxy) is 1. The molecule has 0 fully saturated rings. The topological polar surface area (TPSA) is 53.1 Å². The molecule has 0 saturated carbocycles. The number of rotatable bonds is 3. The third-order valence-corrected chi connectivity index (χ3v) is 3.32. The zero-order valence-electron chi connectivity index (χ0n) is 10.1. The summed E-state index contributed by atoms with van der Waals surface area (Å²) in [4.78, 5) is 1.17. The second-order valence-corrected chi connectivity index (χ2v) is 4.52. The van der Waals surface area contributed by atoms with Gasteiger partial charge >= 0.3 is 0 Å². The quantitative estimate of drug-likeness (QED) is 0.849. The van der Waals surface area contributed by atoms with Gasteiger partial charge in [-0.3, -0.25) is 4.68 Å². The molecule has 1 aromatic carbocycles. The first-order valence-corrected chi connectivity index (χ1v) is 6.40. The molecule has 2 rings (SSSR count). The Hall–Kier alpha value is -1.62. The molecule has 0 atom stereocenters. The second-order valence-electron chi connectivity index (χ2n) is 3.64. The van der Waals surface area contributed by atoms with Crippen LogP contribution in [0, 0.1) is 0 Å². The van der Waals surface area contributed by atoms with Gasteiger partial charge in [0.15, 0.2) is 0 Å². The summed E-state index contributed by atoms with van der Waals surface area (Å²) in [6.07, 6.45) is 2.04. The SMILES string of the molecule is COc1ccc(SC)cc1-c1cc(N)n(C)n1. The van der Waals surface area contributed by atoms with E-state index < -0.39 is 0 Å². The first kappa shape index (κ1) is 11.9. The summed E-state index contributed by atoms with van der Waals surface area (Å²) in [5.74, 6) is 1.44. The van der Waals surface area contributed by atoms with Crippen molar-refractivity contribution in [3.63, 3.8) is 0 Å². The number of nitrogens with two attached hydrogens (primary N) is 1. The first-order chi connectivity index (χ1) is 8.15. The van der Waals surface area contributed by atoms with E-state index >= 15 is 0 Å². The van der Waals surface area contributed by atoms with Gasteiger partial charge in [-0.15, -0.1) is 11.8 Å². The Labute approximate surface area is 105 Å². The number of hydrogen-bond acceptors (Lipinski definition) is 4. The van der Waals surface area contributed by atoms with Crippen LogP contribution in [0.25, 0.3) is 11.3 Å². The van der Waals surface area contributed by atoms with E-state index in [4.69, 9.17) is 10.5 Å². The predicted molar refractivity (Wildman–Crippen MR) is 71.4 cm³/mol. The van der Waals surface area contributed by atoms with E-state index in [9.17, 15) is 0 Å². The van der Waals surface area contributed by atoms with Gasteiger partial charge in [-0.25, -0.2) is 0 Å². The molecule has 0 aliphatic rings. The number of aromatic nitrogens is 2. The molecule has 0 aliphatic heterocycles. The molecule has 0 amide bonds. The monoisotopic (exact) mass is 249 g/mol. The number of nitrogen functional groups attached to an aromatic ring is 1. The molecule has 0 bridgehead atoms. The Kier molecular flexibility index (Phi) is 3.28. The van der Waals surface area contributed by atoms with Crippen molar-refractivity contribution in [2.24, 2.45) is 7.05 Å². The highest BCUT2D eigenvalue weighted by Gasteiger charge is 2.11. The minimum Gasteiger partial charge on any atom is -0.496 e. The lowest BCUT2D eigenvalue weighted by molar-refractivity contribution is 0.416.